The van der Waals surface area contributed by atoms with Gasteiger partial charge in [-0.05, 0) is 38.4 Å². The van der Waals surface area contributed by atoms with Crippen LogP contribution < -0.4 is 15.4 Å². The SMILES string of the molecule is CN(C)CCOc1nc(NCCNc2ncc(-c3ncc[nH]3)c(-c3ccc(Cl)cc3Cl)n2)ccc1[N+](=O)[O-]. The van der Waals surface area contributed by atoms with Gasteiger partial charge in [-0.15, -0.1) is 0 Å². The Bertz CT molecular complexity index is 1400. The molecule has 3 aromatic heterocycles. The summed E-state index contributed by atoms with van der Waals surface area (Å²) in [5.74, 6) is 1.40. The summed E-state index contributed by atoms with van der Waals surface area (Å²) >= 11 is 12.5. The minimum atomic E-state index is -0.516. The van der Waals surface area contributed by atoms with Crippen molar-refractivity contribution in [2.45, 2.75) is 0 Å². The molecule has 0 saturated heterocycles. The highest BCUT2D eigenvalue weighted by Crippen LogP contribution is 2.35. The molecule has 0 amide bonds. The molecule has 0 atom stereocenters. The van der Waals surface area contributed by atoms with E-state index in [2.05, 4.69) is 35.6 Å². The zero-order valence-electron chi connectivity index (χ0n) is 20.6. The predicted octanol–water partition coefficient (Wildman–Crippen LogP) is 4.61. The number of anilines is 2. The lowest BCUT2D eigenvalue weighted by Gasteiger charge is -2.13. The third-order valence-electron chi connectivity index (χ3n) is 5.26. The van der Waals surface area contributed by atoms with Crippen molar-refractivity contribution in [1.82, 2.24) is 29.8 Å². The fraction of sp³-hybridized carbons (Fsp3) is 0.250. The van der Waals surface area contributed by atoms with Gasteiger partial charge in [-0.3, -0.25) is 10.1 Å². The van der Waals surface area contributed by atoms with Gasteiger partial charge >= 0.3 is 5.69 Å². The van der Waals surface area contributed by atoms with E-state index in [0.29, 0.717) is 64.1 Å². The zero-order valence-corrected chi connectivity index (χ0v) is 22.1. The minimum Gasteiger partial charge on any atom is -0.471 e. The van der Waals surface area contributed by atoms with Crippen LogP contribution in [-0.2, 0) is 0 Å². The van der Waals surface area contributed by atoms with Crippen molar-refractivity contribution in [1.29, 1.82) is 0 Å². The van der Waals surface area contributed by atoms with Crippen molar-refractivity contribution in [3.05, 3.63) is 69.1 Å². The number of nitrogens with one attached hydrogen (secondary N) is 3. The van der Waals surface area contributed by atoms with E-state index in [0.717, 1.165) is 0 Å². The number of benzene rings is 1. The van der Waals surface area contributed by atoms with Crippen LogP contribution in [0.15, 0.2) is 48.9 Å². The van der Waals surface area contributed by atoms with E-state index in [1.165, 1.54) is 12.1 Å². The van der Waals surface area contributed by atoms with Crippen LogP contribution in [0.2, 0.25) is 10.0 Å². The van der Waals surface area contributed by atoms with Crippen molar-refractivity contribution in [3.63, 3.8) is 0 Å². The van der Waals surface area contributed by atoms with E-state index < -0.39 is 4.92 Å². The molecule has 38 heavy (non-hydrogen) atoms. The van der Waals surface area contributed by atoms with Crippen LogP contribution in [0.4, 0.5) is 17.5 Å². The third-order valence-corrected chi connectivity index (χ3v) is 5.80. The van der Waals surface area contributed by atoms with Crippen LogP contribution in [-0.4, -0.2) is 75.1 Å². The number of hydrogen-bond donors (Lipinski definition) is 3. The topological polar surface area (TPSA) is 147 Å². The van der Waals surface area contributed by atoms with Gasteiger partial charge in [0.05, 0.1) is 21.2 Å². The summed E-state index contributed by atoms with van der Waals surface area (Å²) < 4.78 is 5.54. The highest BCUT2D eigenvalue weighted by atomic mass is 35.5. The molecular weight excluding hydrogens is 533 g/mol. The maximum Gasteiger partial charge on any atom is 0.331 e. The van der Waals surface area contributed by atoms with E-state index in [1.54, 1.807) is 36.8 Å². The largest absolute Gasteiger partial charge is 0.471 e. The molecule has 0 aliphatic carbocycles. The highest BCUT2D eigenvalue weighted by Gasteiger charge is 2.18. The number of H-pyrrole nitrogens is 1. The molecule has 4 aromatic rings. The Labute approximate surface area is 228 Å². The summed E-state index contributed by atoms with van der Waals surface area (Å²) in [5, 5.41) is 18.6. The van der Waals surface area contributed by atoms with Gasteiger partial charge in [0.15, 0.2) is 0 Å². The van der Waals surface area contributed by atoms with Gasteiger partial charge in [0.1, 0.15) is 18.2 Å². The lowest BCUT2D eigenvalue weighted by Crippen LogP contribution is -2.20. The number of ether oxygens (including phenoxy) is 1. The Morgan fingerprint density at radius 3 is 2.61 bits per heavy atom. The first-order valence-corrected chi connectivity index (χ1v) is 12.3. The molecule has 4 rings (SSSR count). The van der Waals surface area contributed by atoms with Crippen molar-refractivity contribution in [2.75, 3.05) is 51.0 Å². The van der Waals surface area contributed by atoms with Gasteiger partial charge in [0.25, 0.3) is 5.88 Å². The molecule has 14 heteroatoms. The lowest BCUT2D eigenvalue weighted by molar-refractivity contribution is -0.386. The van der Waals surface area contributed by atoms with Gasteiger partial charge in [0.2, 0.25) is 5.95 Å². The van der Waals surface area contributed by atoms with E-state index in [1.807, 2.05) is 19.0 Å². The molecule has 0 aliphatic heterocycles. The molecule has 0 unspecified atom stereocenters. The molecule has 0 fully saturated rings. The van der Waals surface area contributed by atoms with Crippen LogP contribution >= 0.6 is 23.2 Å². The summed E-state index contributed by atoms with van der Waals surface area (Å²) in [6.45, 7) is 1.74. The Balaban J connectivity index is 1.45. The number of nitro groups is 1. The minimum absolute atomic E-state index is 0.0313. The van der Waals surface area contributed by atoms with Gasteiger partial charge < -0.3 is 25.3 Å². The smallest absolute Gasteiger partial charge is 0.331 e. The third kappa shape index (κ3) is 6.85. The van der Waals surface area contributed by atoms with Crippen LogP contribution in [0.3, 0.4) is 0 Å². The van der Waals surface area contributed by atoms with E-state index >= 15 is 0 Å². The molecule has 0 spiro atoms. The molecular formula is C24H25Cl2N9O3. The van der Waals surface area contributed by atoms with E-state index in [-0.39, 0.29) is 18.2 Å². The number of imidazole rings is 1. The molecule has 0 radical (unpaired) electrons. The summed E-state index contributed by atoms with van der Waals surface area (Å²) in [5.41, 5.74) is 1.76. The first-order valence-electron chi connectivity index (χ1n) is 11.5. The van der Waals surface area contributed by atoms with Crippen molar-refractivity contribution in [2.24, 2.45) is 0 Å². The first-order chi connectivity index (χ1) is 18.3. The van der Waals surface area contributed by atoms with Gasteiger partial charge in [-0.25, -0.2) is 15.0 Å². The Kier molecular flexibility index (Phi) is 8.89. The number of halogens is 2. The van der Waals surface area contributed by atoms with Crippen LogP contribution in [0.25, 0.3) is 22.6 Å². The average Bonchev–Trinajstić information content (AvgIpc) is 3.41. The summed E-state index contributed by atoms with van der Waals surface area (Å²) in [6, 6.07) is 8.09. The second-order valence-electron chi connectivity index (χ2n) is 8.30. The van der Waals surface area contributed by atoms with Crippen molar-refractivity contribution < 1.29 is 9.66 Å². The molecule has 3 N–H and O–H groups in total. The maximum absolute atomic E-state index is 11.3. The normalized spacial score (nSPS) is 11.0. The Morgan fingerprint density at radius 1 is 1.08 bits per heavy atom. The number of rotatable bonds is 12. The second-order valence-corrected chi connectivity index (χ2v) is 9.14. The summed E-state index contributed by atoms with van der Waals surface area (Å²) in [7, 11) is 3.77. The van der Waals surface area contributed by atoms with Crippen molar-refractivity contribution in [3.8, 4) is 28.5 Å². The molecule has 0 saturated carbocycles. The predicted molar refractivity (Wildman–Crippen MR) is 147 cm³/mol. The number of pyridine rings is 1. The quantitative estimate of drug-likeness (QED) is 0.128. The standard InChI is InChI=1S/C24H25Cl2N9O3/c1-34(2)11-12-38-23-19(35(36)37)5-6-20(32-23)27-7-10-30-24-31-14-17(22-28-8-9-29-22)21(33-24)16-4-3-15(25)13-18(16)26/h3-6,8-9,13-14H,7,10-12H2,1-2H3,(H,27,32)(H,28,29)(H,30,31,33). The molecule has 1 aromatic carbocycles. The zero-order chi connectivity index (χ0) is 27.1. The molecule has 12 nitrogen and oxygen atoms in total. The van der Waals surface area contributed by atoms with E-state index in [9.17, 15) is 10.1 Å². The second kappa shape index (κ2) is 12.5. The number of aromatic amines is 1. The number of likely N-dealkylation sites (N-methyl/N-ethyl adjacent to an activating group) is 1. The Morgan fingerprint density at radius 2 is 1.89 bits per heavy atom. The van der Waals surface area contributed by atoms with Crippen LogP contribution in [0.1, 0.15) is 0 Å². The maximum atomic E-state index is 11.3. The van der Waals surface area contributed by atoms with Crippen LogP contribution in [0.5, 0.6) is 5.88 Å². The first kappa shape index (κ1) is 27.0. The van der Waals surface area contributed by atoms with E-state index in [4.69, 9.17) is 27.9 Å². The number of nitrogens with zero attached hydrogens (tertiary/aromatic N) is 6. The molecule has 198 valence electrons. The number of aromatic nitrogens is 5. The Hall–Kier alpha value is -4.00. The number of hydrogen-bond acceptors (Lipinski definition) is 10. The average molecular weight is 558 g/mol. The molecule has 0 aliphatic rings. The fourth-order valence-corrected chi connectivity index (χ4v) is 3.90. The fourth-order valence-electron chi connectivity index (χ4n) is 3.41. The lowest BCUT2D eigenvalue weighted by atomic mass is 10.1. The molecule has 3 heterocycles. The highest BCUT2D eigenvalue weighted by molar-refractivity contribution is 6.36. The summed E-state index contributed by atoms with van der Waals surface area (Å²) in [4.78, 5) is 33.4. The monoisotopic (exact) mass is 557 g/mol. The van der Waals surface area contributed by atoms with Crippen LogP contribution in [0, 0.1) is 10.1 Å². The van der Waals surface area contributed by atoms with Gasteiger partial charge in [0, 0.05) is 54.9 Å². The van der Waals surface area contributed by atoms with Gasteiger partial charge in [-0.1, -0.05) is 23.2 Å². The summed E-state index contributed by atoms with van der Waals surface area (Å²) in [6.07, 6.45) is 5.02. The molecule has 0 bridgehead atoms. The van der Waals surface area contributed by atoms with Crippen molar-refractivity contribution >= 4 is 40.7 Å². The van der Waals surface area contributed by atoms with Gasteiger partial charge in [-0.2, -0.15) is 4.98 Å².